The van der Waals surface area contributed by atoms with Crippen molar-refractivity contribution in [1.29, 1.82) is 0 Å². The van der Waals surface area contributed by atoms with Crippen LogP contribution in [-0.4, -0.2) is 61.8 Å². The van der Waals surface area contributed by atoms with Gasteiger partial charge in [0.15, 0.2) is 0 Å². The first kappa shape index (κ1) is 19.4. The third-order valence-corrected chi connectivity index (χ3v) is 6.10. The molecule has 2 atom stereocenters. The Morgan fingerprint density at radius 2 is 1.76 bits per heavy atom. The first-order valence-electron chi connectivity index (χ1n) is 8.15. The van der Waals surface area contributed by atoms with E-state index in [0.29, 0.717) is 0 Å². The minimum atomic E-state index is -3.75. The molecule has 1 aliphatic rings. The second-order valence-corrected chi connectivity index (χ2v) is 8.36. The summed E-state index contributed by atoms with van der Waals surface area (Å²) in [5, 5.41) is 0. The fourth-order valence-corrected chi connectivity index (χ4v) is 4.52. The Labute approximate surface area is 148 Å². The molecule has 1 amide bonds. The van der Waals surface area contributed by atoms with E-state index < -0.39 is 28.1 Å². The maximum absolute atomic E-state index is 12.9. The summed E-state index contributed by atoms with van der Waals surface area (Å²) in [4.78, 5) is 26.4. The van der Waals surface area contributed by atoms with Crippen LogP contribution in [0.4, 0.5) is 0 Å². The average molecular weight is 368 g/mol. The molecule has 7 nitrogen and oxygen atoms in total. The van der Waals surface area contributed by atoms with Gasteiger partial charge in [0.25, 0.3) is 0 Å². The standard InChI is InChI=1S/C17H24N2O5S/c1-12(2)16(20)19-13(3)10-18(11-15(19)17(21)24-4)25(22,23)14-8-6-5-7-9-14/h5-9,12-13,15H,10-11H2,1-4H3. The normalized spacial score (nSPS) is 22.0. The van der Waals surface area contributed by atoms with E-state index in [0.717, 1.165) is 0 Å². The molecule has 138 valence electrons. The number of carbonyl (C=O) groups excluding carboxylic acids is 2. The Hall–Kier alpha value is -1.93. The number of ether oxygens (including phenoxy) is 1. The van der Waals surface area contributed by atoms with E-state index in [2.05, 4.69) is 0 Å². The molecule has 25 heavy (non-hydrogen) atoms. The van der Waals surface area contributed by atoms with E-state index >= 15 is 0 Å². The predicted molar refractivity (Wildman–Crippen MR) is 92.2 cm³/mol. The molecule has 0 aliphatic carbocycles. The smallest absolute Gasteiger partial charge is 0.329 e. The van der Waals surface area contributed by atoms with Gasteiger partial charge in [-0.15, -0.1) is 0 Å². The lowest BCUT2D eigenvalue weighted by atomic mass is 10.0. The van der Waals surface area contributed by atoms with Crippen LogP contribution in [0.15, 0.2) is 35.2 Å². The maximum Gasteiger partial charge on any atom is 0.329 e. The van der Waals surface area contributed by atoms with Crippen molar-refractivity contribution in [3.05, 3.63) is 30.3 Å². The van der Waals surface area contributed by atoms with Crippen molar-refractivity contribution in [2.24, 2.45) is 5.92 Å². The zero-order valence-electron chi connectivity index (χ0n) is 14.9. The van der Waals surface area contributed by atoms with Gasteiger partial charge in [-0.2, -0.15) is 4.31 Å². The van der Waals surface area contributed by atoms with Crippen LogP contribution in [0.2, 0.25) is 0 Å². The minimum absolute atomic E-state index is 0.118. The van der Waals surface area contributed by atoms with Crippen LogP contribution in [0, 0.1) is 5.92 Å². The number of sulfonamides is 1. The summed E-state index contributed by atoms with van der Waals surface area (Å²) >= 11 is 0. The summed E-state index contributed by atoms with van der Waals surface area (Å²) in [5.74, 6) is -1.11. The molecule has 1 aliphatic heterocycles. The number of benzene rings is 1. The van der Waals surface area contributed by atoms with E-state index in [1.807, 2.05) is 0 Å². The van der Waals surface area contributed by atoms with Crippen molar-refractivity contribution in [3.8, 4) is 0 Å². The SMILES string of the molecule is COC(=O)C1CN(S(=O)(=O)c2ccccc2)CC(C)N1C(=O)C(C)C. The highest BCUT2D eigenvalue weighted by Crippen LogP contribution is 2.25. The summed E-state index contributed by atoms with van der Waals surface area (Å²) in [7, 11) is -2.52. The second-order valence-electron chi connectivity index (χ2n) is 6.42. The molecule has 0 saturated carbocycles. The number of esters is 1. The zero-order chi connectivity index (χ0) is 18.8. The van der Waals surface area contributed by atoms with Crippen LogP contribution in [0.5, 0.6) is 0 Å². The lowest BCUT2D eigenvalue weighted by Gasteiger charge is -2.44. The van der Waals surface area contributed by atoms with Gasteiger partial charge in [0.1, 0.15) is 6.04 Å². The predicted octanol–water partition coefficient (Wildman–Crippen LogP) is 1.11. The van der Waals surface area contributed by atoms with E-state index in [-0.39, 0.29) is 29.8 Å². The molecule has 0 radical (unpaired) electrons. The van der Waals surface area contributed by atoms with Gasteiger partial charge in [0.2, 0.25) is 15.9 Å². The molecule has 0 bridgehead atoms. The Balaban J connectivity index is 2.37. The van der Waals surface area contributed by atoms with Crippen molar-refractivity contribution in [2.45, 2.75) is 37.8 Å². The van der Waals surface area contributed by atoms with Crippen molar-refractivity contribution >= 4 is 21.9 Å². The van der Waals surface area contributed by atoms with Crippen molar-refractivity contribution in [1.82, 2.24) is 9.21 Å². The molecule has 0 N–H and O–H groups in total. The number of hydrogen-bond acceptors (Lipinski definition) is 5. The Kier molecular flexibility index (Phi) is 5.84. The summed E-state index contributed by atoms with van der Waals surface area (Å²) in [5.41, 5.74) is 0. The number of rotatable bonds is 4. The third-order valence-electron chi connectivity index (χ3n) is 4.26. The monoisotopic (exact) mass is 368 g/mol. The molecule has 2 unspecified atom stereocenters. The fourth-order valence-electron chi connectivity index (χ4n) is 2.98. The molecule has 0 aromatic heterocycles. The summed E-state index contributed by atoms with van der Waals surface area (Å²) < 4.78 is 31.8. The Bertz CT molecular complexity index is 733. The summed E-state index contributed by atoms with van der Waals surface area (Å²) in [6, 6.07) is 6.66. The molecular weight excluding hydrogens is 344 g/mol. The Morgan fingerprint density at radius 3 is 2.28 bits per heavy atom. The quantitative estimate of drug-likeness (QED) is 0.743. The van der Waals surface area contributed by atoms with Crippen LogP contribution < -0.4 is 0 Å². The highest BCUT2D eigenvalue weighted by molar-refractivity contribution is 7.89. The van der Waals surface area contributed by atoms with Gasteiger partial charge >= 0.3 is 5.97 Å². The van der Waals surface area contributed by atoms with Gasteiger partial charge < -0.3 is 9.64 Å². The highest BCUT2D eigenvalue weighted by Gasteiger charge is 2.44. The van der Waals surface area contributed by atoms with Gasteiger partial charge in [-0.3, -0.25) is 4.79 Å². The van der Waals surface area contributed by atoms with Crippen LogP contribution in [0.25, 0.3) is 0 Å². The minimum Gasteiger partial charge on any atom is -0.467 e. The first-order chi connectivity index (χ1) is 11.7. The number of carbonyl (C=O) groups is 2. The highest BCUT2D eigenvalue weighted by atomic mass is 32.2. The van der Waals surface area contributed by atoms with Gasteiger partial charge in [0.05, 0.1) is 12.0 Å². The van der Waals surface area contributed by atoms with E-state index in [1.54, 1.807) is 39.0 Å². The van der Waals surface area contributed by atoms with Gasteiger partial charge in [-0.1, -0.05) is 32.0 Å². The molecule has 1 aromatic carbocycles. The van der Waals surface area contributed by atoms with E-state index in [1.165, 1.54) is 28.4 Å². The average Bonchev–Trinajstić information content (AvgIpc) is 2.60. The fraction of sp³-hybridized carbons (Fsp3) is 0.529. The Morgan fingerprint density at radius 1 is 1.16 bits per heavy atom. The van der Waals surface area contributed by atoms with Gasteiger partial charge in [-0.25, -0.2) is 13.2 Å². The zero-order valence-corrected chi connectivity index (χ0v) is 15.7. The number of methoxy groups -OCH3 is 1. The second kappa shape index (κ2) is 7.53. The van der Waals surface area contributed by atoms with Gasteiger partial charge in [0, 0.05) is 25.0 Å². The van der Waals surface area contributed by atoms with Gasteiger partial charge in [-0.05, 0) is 19.1 Å². The van der Waals surface area contributed by atoms with E-state index in [4.69, 9.17) is 4.74 Å². The van der Waals surface area contributed by atoms with Crippen molar-refractivity contribution < 1.29 is 22.7 Å². The lowest BCUT2D eigenvalue weighted by molar-refractivity contribution is -0.159. The van der Waals surface area contributed by atoms with Crippen LogP contribution in [0.3, 0.4) is 0 Å². The summed E-state index contributed by atoms with van der Waals surface area (Å²) in [6.45, 7) is 5.24. The van der Waals surface area contributed by atoms with Crippen molar-refractivity contribution in [2.75, 3.05) is 20.2 Å². The number of nitrogens with zero attached hydrogens (tertiary/aromatic N) is 2. The molecule has 1 aromatic rings. The molecule has 1 saturated heterocycles. The van der Waals surface area contributed by atoms with E-state index in [9.17, 15) is 18.0 Å². The lowest BCUT2D eigenvalue weighted by Crippen LogP contribution is -2.63. The van der Waals surface area contributed by atoms with Crippen LogP contribution in [-0.2, 0) is 24.3 Å². The molecule has 8 heteroatoms. The molecule has 1 heterocycles. The molecule has 0 spiro atoms. The topological polar surface area (TPSA) is 84.0 Å². The summed E-state index contributed by atoms with van der Waals surface area (Å²) in [6.07, 6.45) is 0. The largest absolute Gasteiger partial charge is 0.467 e. The van der Waals surface area contributed by atoms with Crippen LogP contribution in [0.1, 0.15) is 20.8 Å². The maximum atomic E-state index is 12.9. The number of piperazine rings is 1. The first-order valence-corrected chi connectivity index (χ1v) is 9.59. The molecule has 1 fully saturated rings. The number of amides is 1. The van der Waals surface area contributed by atoms with Crippen LogP contribution >= 0.6 is 0 Å². The number of hydrogen-bond donors (Lipinski definition) is 0. The van der Waals surface area contributed by atoms with Crippen molar-refractivity contribution in [3.63, 3.8) is 0 Å². The third kappa shape index (κ3) is 3.85. The molecular formula is C17H24N2O5S. The molecule has 2 rings (SSSR count).